The van der Waals surface area contributed by atoms with Gasteiger partial charge in [-0.3, -0.25) is 14.9 Å². The van der Waals surface area contributed by atoms with E-state index < -0.39 is 0 Å². The highest BCUT2D eigenvalue weighted by molar-refractivity contribution is 7.99. The molecule has 2 N–H and O–H groups in total. The first-order valence-electron chi connectivity index (χ1n) is 6.03. The van der Waals surface area contributed by atoms with Gasteiger partial charge < -0.3 is 9.88 Å². The number of aryl methyl sites for hydroxylation is 1. The number of amides is 1. The van der Waals surface area contributed by atoms with E-state index in [0.29, 0.717) is 12.2 Å². The molecule has 0 spiro atoms. The van der Waals surface area contributed by atoms with Crippen LogP contribution in [-0.2, 0) is 11.3 Å². The summed E-state index contributed by atoms with van der Waals surface area (Å²) in [5.74, 6) is 1.56. The minimum absolute atomic E-state index is 0.0376. The van der Waals surface area contributed by atoms with Crippen molar-refractivity contribution < 1.29 is 4.79 Å². The summed E-state index contributed by atoms with van der Waals surface area (Å²) in [6.45, 7) is 2.68. The Hall–Kier alpha value is -1.27. The van der Waals surface area contributed by atoms with Crippen molar-refractivity contribution in [2.75, 3.05) is 16.9 Å². The Kier molecular flexibility index (Phi) is 4.43. The van der Waals surface area contributed by atoms with E-state index in [4.69, 9.17) is 0 Å². The normalized spacial score (nSPS) is 18.8. The third-order valence-corrected chi connectivity index (χ3v) is 3.69. The van der Waals surface area contributed by atoms with Crippen molar-refractivity contribution >= 4 is 23.4 Å². The van der Waals surface area contributed by atoms with Crippen LogP contribution in [0.25, 0.3) is 0 Å². The van der Waals surface area contributed by atoms with Crippen LogP contribution in [0.3, 0.4) is 0 Å². The lowest BCUT2D eigenvalue weighted by molar-refractivity contribution is -0.117. The van der Waals surface area contributed by atoms with Crippen molar-refractivity contribution in [3.8, 4) is 0 Å². The maximum absolute atomic E-state index is 11.9. The summed E-state index contributed by atoms with van der Waals surface area (Å²) >= 11 is 1.71. The van der Waals surface area contributed by atoms with E-state index in [1.165, 1.54) is 6.07 Å². The molecular formula is C12H17N3O2S. The number of carbonyl (C=O) groups excluding carboxylic acids is 1. The van der Waals surface area contributed by atoms with E-state index in [1.54, 1.807) is 28.6 Å². The smallest absolute Gasteiger partial charge is 0.250 e. The molecule has 0 aromatic carbocycles. The predicted octanol–water partition coefficient (Wildman–Crippen LogP) is 0.859. The lowest BCUT2D eigenvalue weighted by atomic mass is 10.3. The van der Waals surface area contributed by atoms with Crippen molar-refractivity contribution in [3.63, 3.8) is 0 Å². The van der Waals surface area contributed by atoms with Crippen LogP contribution in [0.4, 0.5) is 5.69 Å². The molecule has 1 saturated heterocycles. The summed E-state index contributed by atoms with van der Waals surface area (Å²) in [6, 6.07) is 3.00. The van der Waals surface area contributed by atoms with Gasteiger partial charge in [0.2, 0.25) is 5.91 Å². The Labute approximate surface area is 110 Å². The van der Waals surface area contributed by atoms with Gasteiger partial charge in [-0.1, -0.05) is 6.92 Å². The van der Waals surface area contributed by atoms with Crippen molar-refractivity contribution in [1.82, 2.24) is 9.88 Å². The first-order valence-corrected chi connectivity index (χ1v) is 7.18. The van der Waals surface area contributed by atoms with Crippen molar-refractivity contribution in [1.29, 1.82) is 0 Å². The number of rotatable bonds is 4. The van der Waals surface area contributed by atoms with Gasteiger partial charge in [-0.2, -0.15) is 0 Å². The fraction of sp³-hybridized carbons (Fsp3) is 0.500. The zero-order chi connectivity index (χ0) is 13.0. The molecule has 2 rings (SSSR count). The molecule has 0 radical (unpaired) electrons. The number of hydrogen-bond donors (Lipinski definition) is 2. The van der Waals surface area contributed by atoms with Gasteiger partial charge in [0, 0.05) is 30.4 Å². The number of nitrogens with one attached hydrogen (secondary N) is 2. The Bertz CT molecular complexity index is 480. The van der Waals surface area contributed by atoms with Gasteiger partial charge in [-0.15, -0.1) is 11.8 Å². The summed E-state index contributed by atoms with van der Waals surface area (Å²) in [7, 11) is 0. The van der Waals surface area contributed by atoms with E-state index in [9.17, 15) is 9.59 Å². The third kappa shape index (κ3) is 3.14. The summed E-state index contributed by atoms with van der Waals surface area (Å²) in [6.07, 6.45) is 2.59. The minimum atomic E-state index is -0.137. The molecule has 1 unspecified atom stereocenters. The molecule has 18 heavy (non-hydrogen) atoms. The first-order chi connectivity index (χ1) is 8.70. The van der Waals surface area contributed by atoms with Crippen LogP contribution in [0.1, 0.15) is 13.3 Å². The van der Waals surface area contributed by atoms with Gasteiger partial charge in [0.1, 0.15) is 0 Å². The average molecular weight is 267 g/mol. The zero-order valence-electron chi connectivity index (χ0n) is 10.3. The molecule has 1 aromatic heterocycles. The maximum atomic E-state index is 11.9. The number of carbonyl (C=O) groups is 1. The molecule has 1 aliphatic rings. The van der Waals surface area contributed by atoms with E-state index >= 15 is 0 Å². The maximum Gasteiger partial charge on any atom is 0.250 e. The largest absolute Gasteiger partial charge is 0.323 e. The topological polar surface area (TPSA) is 63.1 Å². The minimum Gasteiger partial charge on any atom is -0.323 e. The van der Waals surface area contributed by atoms with E-state index in [-0.39, 0.29) is 17.5 Å². The molecule has 1 atom stereocenters. The second kappa shape index (κ2) is 6.06. The Balaban J connectivity index is 2.06. The highest BCUT2D eigenvalue weighted by Crippen LogP contribution is 2.12. The van der Waals surface area contributed by atoms with Crippen LogP contribution < -0.4 is 16.2 Å². The molecule has 0 saturated carbocycles. The van der Waals surface area contributed by atoms with Crippen LogP contribution in [0.2, 0.25) is 0 Å². The van der Waals surface area contributed by atoms with Crippen LogP contribution in [0, 0.1) is 0 Å². The summed E-state index contributed by atoms with van der Waals surface area (Å²) < 4.78 is 1.62. The molecule has 1 amide bonds. The van der Waals surface area contributed by atoms with E-state index in [0.717, 1.165) is 18.1 Å². The van der Waals surface area contributed by atoms with Gasteiger partial charge >= 0.3 is 0 Å². The fourth-order valence-corrected chi connectivity index (χ4v) is 2.76. The van der Waals surface area contributed by atoms with Crippen LogP contribution >= 0.6 is 11.8 Å². The molecular weight excluding hydrogens is 250 g/mol. The second-order valence-electron chi connectivity index (χ2n) is 4.21. The van der Waals surface area contributed by atoms with Crippen LogP contribution in [-0.4, -0.2) is 28.1 Å². The highest BCUT2D eigenvalue weighted by Gasteiger charge is 2.22. The van der Waals surface area contributed by atoms with Crippen LogP contribution in [0.5, 0.6) is 0 Å². The van der Waals surface area contributed by atoms with Gasteiger partial charge in [-0.05, 0) is 12.5 Å². The van der Waals surface area contributed by atoms with Gasteiger partial charge in [0.05, 0.1) is 11.7 Å². The summed E-state index contributed by atoms with van der Waals surface area (Å²) in [4.78, 5) is 23.4. The van der Waals surface area contributed by atoms with Crippen LogP contribution in [0.15, 0.2) is 23.1 Å². The Morgan fingerprint density at radius 1 is 1.61 bits per heavy atom. The lowest BCUT2D eigenvalue weighted by Crippen LogP contribution is -2.37. The number of anilines is 1. The fourth-order valence-electron chi connectivity index (χ4n) is 1.81. The lowest BCUT2D eigenvalue weighted by Gasteiger charge is -2.12. The number of pyridine rings is 1. The molecule has 0 bridgehead atoms. The number of thioether (sulfide) groups is 1. The number of nitrogens with zero attached hydrogens (tertiary/aromatic N) is 1. The van der Waals surface area contributed by atoms with Gasteiger partial charge in [0.15, 0.2) is 0 Å². The summed E-state index contributed by atoms with van der Waals surface area (Å²) in [5, 5.41) is 5.95. The quantitative estimate of drug-likeness (QED) is 0.849. The molecule has 1 fully saturated rings. The summed E-state index contributed by atoms with van der Waals surface area (Å²) in [5.41, 5.74) is 0.635. The van der Waals surface area contributed by atoms with Gasteiger partial charge in [-0.25, -0.2) is 0 Å². The van der Waals surface area contributed by atoms with E-state index in [1.807, 2.05) is 6.92 Å². The van der Waals surface area contributed by atoms with Crippen molar-refractivity contribution in [3.05, 3.63) is 28.7 Å². The second-order valence-corrected chi connectivity index (χ2v) is 5.24. The molecule has 98 valence electrons. The molecule has 2 heterocycles. The molecule has 1 aliphatic heterocycles. The standard InChI is InChI=1S/C12H17N3O2S/c1-2-5-15-6-9(3-4-11(15)16)14-12(17)10-7-18-8-13-10/h3-4,6,10,13H,2,5,7-8H2,1H3,(H,14,17). The average Bonchev–Trinajstić information content (AvgIpc) is 2.87. The van der Waals surface area contributed by atoms with Crippen molar-refractivity contribution in [2.24, 2.45) is 0 Å². The molecule has 1 aromatic rings. The molecule has 0 aliphatic carbocycles. The van der Waals surface area contributed by atoms with Crippen molar-refractivity contribution in [2.45, 2.75) is 25.9 Å². The number of aromatic nitrogens is 1. The van der Waals surface area contributed by atoms with Gasteiger partial charge in [0.25, 0.3) is 5.56 Å². The molecule has 6 heteroatoms. The monoisotopic (exact) mass is 267 g/mol. The van der Waals surface area contributed by atoms with E-state index in [2.05, 4.69) is 10.6 Å². The Morgan fingerprint density at radius 2 is 2.44 bits per heavy atom. The highest BCUT2D eigenvalue weighted by atomic mass is 32.2. The Morgan fingerprint density at radius 3 is 3.11 bits per heavy atom. The number of hydrogen-bond acceptors (Lipinski definition) is 4. The third-order valence-electron chi connectivity index (χ3n) is 2.75. The SMILES string of the molecule is CCCn1cc(NC(=O)C2CSCN2)ccc1=O. The predicted molar refractivity (Wildman–Crippen MR) is 73.9 cm³/mol. The zero-order valence-corrected chi connectivity index (χ0v) is 11.1. The molecule has 5 nitrogen and oxygen atoms in total. The first kappa shape index (κ1) is 13.2.